The van der Waals surface area contributed by atoms with Gasteiger partial charge in [-0.25, -0.2) is 14.8 Å². The summed E-state index contributed by atoms with van der Waals surface area (Å²) in [6, 6.07) is 1.73. The third-order valence-corrected chi connectivity index (χ3v) is 4.76. The highest BCUT2D eigenvalue weighted by molar-refractivity contribution is 7.16. The van der Waals surface area contributed by atoms with E-state index in [0.29, 0.717) is 32.4 Å². The monoisotopic (exact) mass is 374 g/mol. The van der Waals surface area contributed by atoms with Gasteiger partial charge < -0.3 is 9.26 Å². The van der Waals surface area contributed by atoms with E-state index in [1.165, 1.54) is 18.4 Å². The van der Waals surface area contributed by atoms with Gasteiger partial charge in [-0.2, -0.15) is 0 Å². The van der Waals surface area contributed by atoms with Crippen molar-refractivity contribution in [2.75, 3.05) is 12.4 Å². The average Bonchev–Trinajstić information content (AvgIpc) is 3.16. The fourth-order valence-electron chi connectivity index (χ4n) is 2.49. The lowest BCUT2D eigenvalue weighted by Gasteiger charge is -2.08. The highest BCUT2D eigenvalue weighted by atomic mass is 32.1. The number of pyridine rings is 1. The maximum atomic E-state index is 12.9. The van der Waals surface area contributed by atoms with Gasteiger partial charge in [0, 0.05) is 10.6 Å². The Morgan fingerprint density at radius 1 is 1.27 bits per heavy atom. The van der Waals surface area contributed by atoms with E-state index in [1.807, 2.05) is 13.8 Å². The lowest BCUT2D eigenvalue weighted by atomic mass is 10.0. The van der Waals surface area contributed by atoms with Crippen molar-refractivity contribution in [2.24, 2.45) is 0 Å². The van der Waals surface area contributed by atoms with Crippen LogP contribution in [-0.4, -0.2) is 34.1 Å². The minimum absolute atomic E-state index is 0.115. The number of nitrogens with zero attached hydrogens (tertiary/aromatic N) is 3. The molecule has 0 saturated heterocycles. The normalized spacial score (nSPS) is 11.2. The summed E-state index contributed by atoms with van der Waals surface area (Å²) < 4.78 is 9.92. The number of hydrogen-bond acceptors (Lipinski definition) is 8. The van der Waals surface area contributed by atoms with Gasteiger partial charge >= 0.3 is 5.97 Å². The summed E-state index contributed by atoms with van der Waals surface area (Å²) >= 11 is 1.20. The second kappa shape index (κ2) is 6.83. The van der Waals surface area contributed by atoms with E-state index >= 15 is 0 Å². The Morgan fingerprint density at radius 3 is 2.65 bits per heavy atom. The average molecular weight is 374 g/mol. The summed E-state index contributed by atoms with van der Waals surface area (Å²) in [5.41, 5.74) is 2.23. The number of methoxy groups -OCH3 is 1. The summed E-state index contributed by atoms with van der Waals surface area (Å²) in [7, 11) is 1.29. The SMILES string of the molecule is COC(=O)c1nc(NC(=O)c2cc(C(C)C)nc3onc(C)c23)sc1C. The Bertz CT molecular complexity index is 1010. The van der Waals surface area contributed by atoms with Gasteiger partial charge in [0.25, 0.3) is 11.6 Å². The van der Waals surface area contributed by atoms with Crippen LogP contribution in [0, 0.1) is 13.8 Å². The van der Waals surface area contributed by atoms with Crippen LogP contribution in [0.5, 0.6) is 0 Å². The maximum Gasteiger partial charge on any atom is 0.357 e. The molecule has 0 saturated carbocycles. The number of rotatable bonds is 4. The number of esters is 1. The van der Waals surface area contributed by atoms with Gasteiger partial charge in [0.2, 0.25) is 0 Å². The van der Waals surface area contributed by atoms with Crippen molar-refractivity contribution in [2.45, 2.75) is 33.6 Å². The highest BCUT2D eigenvalue weighted by Crippen LogP contribution is 2.27. The van der Waals surface area contributed by atoms with E-state index in [1.54, 1.807) is 19.9 Å². The third kappa shape index (κ3) is 3.17. The van der Waals surface area contributed by atoms with Gasteiger partial charge in [-0.3, -0.25) is 10.1 Å². The molecule has 0 radical (unpaired) electrons. The molecule has 0 unspecified atom stereocenters. The zero-order valence-electron chi connectivity index (χ0n) is 15.0. The van der Waals surface area contributed by atoms with Gasteiger partial charge in [-0.15, -0.1) is 11.3 Å². The van der Waals surface area contributed by atoms with Crippen LogP contribution in [-0.2, 0) is 4.74 Å². The van der Waals surface area contributed by atoms with Crippen molar-refractivity contribution >= 4 is 39.4 Å². The van der Waals surface area contributed by atoms with Crippen molar-refractivity contribution in [3.8, 4) is 0 Å². The molecule has 0 aliphatic heterocycles. The minimum Gasteiger partial charge on any atom is -0.464 e. The number of aromatic nitrogens is 3. The topological polar surface area (TPSA) is 107 Å². The van der Waals surface area contributed by atoms with Crippen molar-refractivity contribution < 1.29 is 18.8 Å². The third-order valence-electron chi connectivity index (χ3n) is 3.87. The molecule has 136 valence electrons. The number of ether oxygens (including phenoxy) is 1. The first-order chi connectivity index (χ1) is 12.3. The highest BCUT2D eigenvalue weighted by Gasteiger charge is 2.22. The first-order valence-corrected chi connectivity index (χ1v) is 8.77. The Morgan fingerprint density at radius 2 is 2.00 bits per heavy atom. The molecule has 8 nitrogen and oxygen atoms in total. The minimum atomic E-state index is -0.539. The first-order valence-electron chi connectivity index (χ1n) is 7.95. The fraction of sp³-hybridized carbons (Fsp3) is 0.353. The predicted octanol–water partition coefficient (Wildman–Crippen LogP) is 3.46. The van der Waals surface area contributed by atoms with Crippen LogP contribution in [0.25, 0.3) is 11.1 Å². The summed E-state index contributed by atoms with van der Waals surface area (Å²) in [4.78, 5) is 33.8. The smallest absolute Gasteiger partial charge is 0.357 e. The number of aryl methyl sites for hydroxylation is 2. The van der Waals surface area contributed by atoms with E-state index in [2.05, 4.69) is 25.2 Å². The van der Waals surface area contributed by atoms with Crippen LogP contribution in [0.3, 0.4) is 0 Å². The maximum absolute atomic E-state index is 12.9. The molecule has 3 rings (SSSR count). The molecule has 1 N–H and O–H groups in total. The summed E-state index contributed by atoms with van der Waals surface area (Å²) in [5.74, 6) is -0.789. The first kappa shape index (κ1) is 18.0. The number of nitrogens with one attached hydrogen (secondary N) is 1. The Hall–Kier alpha value is -2.81. The molecular formula is C17H18N4O4S. The Kier molecular flexibility index (Phi) is 4.73. The van der Waals surface area contributed by atoms with Gasteiger partial charge in [-0.1, -0.05) is 19.0 Å². The molecule has 0 bridgehead atoms. The lowest BCUT2D eigenvalue weighted by molar-refractivity contribution is 0.0594. The fourth-order valence-corrected chi connectivity index (χ4v) is 3.29. The van der Waals surface area contributed by atoms with Crippen LogP contribution in [0.4, 0.5) is 5.13 Å². The molecular weight excluding hydrogens is 356 g/mol. The lowest BCUT2D eigenvalue weighted by Crippen LogP contribution is -2.14. The number of carbonyl (C=O) groups is 2. The van der Waals surface area contributed by atoms with Crippen LogP contribution < -0.4 is 5.32 Å². The predicted molar refractivity (Wildman–Crippen MR) is 96.8 cm³/mol. The molecule has 0 aliphatic rings. The van der Waals surface area contributed by atoms with Crippen molar-refractivity contribution in [3.63, 3.8) is 0 Å². The summed E-state index contributed by atoms with van der Waals surface area (Å²) in [6.45, 7) is 7.45. The van der Waals surface area contributed by atoms with E-state index in [4.69, 9.17) is 4.52 Å². The number of fused-ring (bicyclic) bond motifs is 1. The molecule has 9 heteroatoms. The second-order valence-corrected chi connectivity index (χ2v) is 7.27. The number of thiazole rings is 1. The van der Waals surface area contributed by atoms with E-state index < -0.39 is 5.97 Å². The molecule has 0 aromatic carbocycles. The van der Waals surface area contributed by atoms with Crippen molar-refractivity contribution in [3.05, 3.63) is 33.6 Å². The van der Waals surface area contributed by atoms with Crippen LogP contribution in [0.1, 0.15) is 56.9 Å². The molecule has 0 spiro atoms. The largest absolute Gasteiger partial charge is 0.464 e. The zero-order valence-corrected chi connectivity index (χ0v) is 15.9. The molecule has 26 heavy (non-hydrogen) atoms. The zero-order chi connectivity index (χ0) is 19.0. The van der Waals surface area contributed by atoms with E-state index in [0.717, 1.165) is 5.69 Å². The Labute approximate surface area is 153 Å². The molecule has 3 heterocycles. The summed E-state index contributed by atoms with van der Waals surface area (Å²) in [6.07, 6.45) is 0. The number of carbonyl (C=O) groups excluding carboxylic acids is 2. The van der Waals surface area contributed by atoms with Gasteiger partial charge in [0.1, 0.15) is 0 Å². The van der Waals surface area contributed by atoms with Crippen LogP contribution >= 0.6 is 11.3 Å². The molecule has 3 aromatic heterocycles. The quantitative estimate of drug-likeness (QED) is 0.697. The molecule has 0 fully saturated rings. The molecule has 0 aliphatic carbocycles. The second-order valence-electron chi connectivity index (χ2n) is 6.07. The van der Waals surface area contributed by atoms with E-state index in [9.17, 15) is 9.59 Å². The van der Waals surface area contributed by atoms with E-state index in [-0.39, 0.29) is 17.5 Å². The van der Waals surface area contributed by atoms with Gasteiger partial charge in [0.05, 0.1) is 23.8 Å². The Balaban J connectivity index is 2.00. The van der Waals surface area contributed by atoms with Crippen molar-refractivity contribution in [1.29, 1.82) is 0 Å². The van der Waals surface area contributed by atoms with Crippen LogP contribution in [0.15, 0.2) is 10.6 Å². The van der Waals surface area contributed by atoms with Crippen molar-refractivity contribution in [1.82, 2.24) is 15.1 Å². The van der Waals surface area contributed by atoms with Gasteiger partial charge in [0.15, 0.2) is 10.8 Å². The van der Waals surface area contributed by atoms with Gasteiger partial charge in [-0.05, 0) is 25.8 Å². The summed E-state index contributed by atoms with van der Waals surface area (Å²) in [5, 5.41) is 7.53. The number of hydrogen-bond donors (Lipinski definition) is 1. The molecule has 3 aromatic rings. The molecule has 0 atom stereocenters. The molecule has 1 amide bonds. The standard InChI is InChI=1S/C17H18N4O4S/c1-7(2)11-6-10(12-8(3)21-25-15(12)18-11)14(22)20-17-19-13(9(4)26-17)16(23)24-5/h6-7H,1-5H3,(H,19,20,22). The van der Waals surface area contributed by atoms with Crippen LogP contribution in [0.2, 0.25) is 0 Å². The number of anilines is 1. The number of amides is 1.